The topological polar surface area (TPSA) is 79.6 Å². The van der Waals surface area contributed by atoms with Crippen LogP contribution in [-0.4, -0.2) is 60.1 Å². The third kappa shape index (κ3) is 6.19. The van der Waals surface area contributed by atoms with Gasteiger partial charge in [0.2, 0.25) is 0 Å². The summed E-state index contributed by atoms with van der Waals surface area (Å²) in [5.74, 6) is 2.57. The summed E-state index contributed by atoms with van der Waals surface area (Å²) >= 11 is 0. The number of aromatic nitrogens is 3. The Bertz CT molecular complexity index is 815. The van der Waals surface area contributed by atoms with Crippen molar-refractivity contribution in [3.8, 4) is 0 Å². The molecule has 1 aromatic heterocycles. The van der Waals surface area contributed by atoms with Gasteiger partial charge in [0.25, 0.3) is 0 Å². The lowest BCUT2D eigenvalue weighted by Gasteiger charge is -2.35. The first-order valence-corrected chi connectivity index (χ1v) is 10.8. The normalized spacial score (nSPS) is 17.3. The van der Waals surface area contributed by atoms with Crippen molar-refractivity contribution in [3.63, 3.8) is 0 Å². The number of aliphatic imine (C=N–C) groups is 1. The van der Waals surface area contributed by atoms with E-state index in [1.165, 1.54) is 11.3 Å². The molecular weight excluding hydrogens is 378 g/mol. The molecule has 30 heavy (non-hydrogen) atoms. The zero-order valence-corrected chi connectivity index (χ0v) is 18.7. The van der Waals surface area contributed by atoms with Crippen LogP contribution >= 0.6 is 0 Å². The molecule has 1 saturated heterocycles. The molecule has 8 heteroatoms. The highest BCUT2D eigenvalue weighted by atomic mass is 16.5. The maximum Gasteiger partial charge on any atom is 0.191 e. The molecule has 0 aliphatic carbocycles. The number of methoxy groups -OCH3 is 1. The summed E-state index contributed by atoms with van der Waals surface area (Å²) in [6, 6.07) is 9.13. The zero-order chi connectivity index (χ0) is 21.3. The van der Waals surface area contributed by atoms with Gasteiger partial charge in [-0.3, -0.25) is 0 Å². The minimum atomic E-state index is 0.343. The van der Waals surface area contributed by atoms with Crippen LogP contribution < -0.4 is 15.5 Å². The van der Waals surface area contributed by atoms with Crippen molar-refractivity contribution in [1.29, 1.82) is 0 Å². The van der Waals surface area contributed by atoms with Gasteiger partial charge in [0.15, 0.2) is 11.8 Å². The number of hydrogen-bond donors (Lipinski definition) is 2. The smallest absolute Gasteiger partial charge is 0.191 e. The van der Waals surface area contributed by atoms with Gasteiger partial charge >= 0.3 is 0 Å². The van der Waals surface area contributed by atoms with Crippen LogP contribution in [0.2, 0.25) is 0 Å². The number of anilines is 1. The Morgan fingerprint density at radius 3 is 2.73 bits per heavy atom. The number of rotatable bonds is 8. The predicted molar refractivity (Wildman–Crippen MR) is 121 cm³/mol. The second-order valence-corrected chi connectivity index (χ2v) is 7.93. The molecule has 8 nitrogen and oxygen atoms in total. The third-order valence-electron chi connectivity index (χ3n) is 5.54. The lowest BCUT2D eigenvalue weighted by molar-refractivity contribution is 0.195. The van der Waals surface area contributed by atoms with E-state index >= 15 is 0 Å². The van der Waals surface area contributed by atoms with Crippen molar-refractivity contribution >= 4 is 11.6 Å². The van der Waals surface area contributed by atoms with E-state index in [1.54, 1.807) is 7.11 Å². The average Bonchev–Trinajstić information content (AvgIpc) is 3.07. The van der Waals surface area contributed by atoms with Gasteiger partial charge in [-0.05, 0) is 45.2 Å². The monoisotopic (exact) mass is 413 g/mol. The molecule has 1 aliphatic heterocycles. The molecule has 0 amide bonds. The highest BCUT2D eigenvalue weighted by molar-refractivity contribution is 5.80. The van der Waals surface area contributed by atoms with Crippen LogP contribution in [0, 0.1) is 13.8 Å². The van der Waals surface area contributed by atoms with Crippen molar-refractivity contribution in [3.05, 3.63) is 41.5 Å². The molecule has 1 atom stereocenters. The molecular formula is C22H35N7O. The van der Waals surface area contributed by atoms with Crippen LogP contribution in [0.5, 0.6) is 0 Å². The maximum atomic E-state index is 5.16. The van der Waals surface area contributed by atoms with E-state index in [2.05, 4.69) is 56.9 Å². The summed E-state index contributed by atoms with van der Waals surface area (Å²) in [6.45, 7) is 8.16. The number of nitrogens with zero attached hydrogens (tertiary/aromatic N) is 5. The summed E-state index contributed by atoms with van der Waals surface area (Å²) in [5.41, 5.74) is 2.58. The largest absolute Gasteiger partial charge is 0.385 e. The molecule has 1 unspecified atom stereocenters. The van der Waals surface area contributed by atoms with Crippen molar-refractivity contribution in [2.45, 2.75) is 45.7 Å². The lowest BCUT2D eigenvalue weighted by Crippen LogP contribution is -2.51. The fraction of sp³-hybridized carbons (Fsp3) is 0.591. The molecule has 0 spiro atoms. The van der Waals surface area contributed by atoms with Crippen molar-refractivity contribution < 1.29 is 4.74 Å². The zero-order valence-electron chi connectivity index (χ0n) is 18.7. The average molecular weight is 414 g/mol. The molecule has 0 saturated carbocycles. The summed E-state index contributed by atoms with van der Waals surface area (Å²) in [7, 11) is 3.70. The first-order valence-electron chi connectivity index (χ1n) is 10.8. The first-order chi connectivity index (χ1) is 14.6. The highest BCUT2D eigenvalue weighted by Crippen LogP contribution is 2.20. The molecule has 164 valence electrons. The second kappa shape index (κ2) is 11.0. The summed E-state index contributed by atoms with van der Waals surface area (Å²) in [5, 5.41) is 15.4. The van der Waals surface area contributed by atoms with E-state index in [9.17, 15) is 0 Å². The van der Waals surface area contributed by atoms with Crippen molar-refractivity contribution in [1.82, 2.24) is 25.4 Å². The van der Waals surface area contributed by atoms with E-state index in [0.717, 1.165) is 63.1 Å². The van der Waals surface area contributed by atoms with Gasteiger partial charge in [-0.25, -0.2) is 4.99 Å². The number of ether oxygens (including phenoxy) is 1. The van der Waals surface area contributed by atoms with Crippen molar-refractivity contribution in [2.24, 2.45) is 12.0 Å². The summed E-state index contributed by atoms with van der Waals surface area (Å²) < 4.78 is 7.14. The van der Waals surface area contributed by atoms with E-state index in [-0.39, 0.29) is 0 Å². The minimum absolute atomic E-state index is 0.343. The number of guanidine groups is 1. The number of nitrogens with one attached hydrogen (secondary N) is 2. The standard InChI is InChI=1S/C22H35N7O/c1-17-8-10-20(11-9-17)29-13-5-7-19(16-29)25-22(23-12-6-14-30-4)24-15-21-27-26-18(2)28(21)3/h8-11,19H,5-7,12-16H2,1-4H3,(H2,23,24,25). The molecule has 0 radical (unpaired) electrons. The van der Waals surface area contributed by atoms with Crippen LogP contribution in [0.4, 0.5) is 5.69 Å². The third-order valence-corrected chi connectivity index (χ3v) is 5.54. The number of piperidine rings is 1. The van der Waals surface area contributed by atoms with Crippen LogP contribution in [0.25, 0.3) is 0 Å². The van der Waals surface area contributed by atoms with Gasteiger partial charge in [0.1, 0.15) is 12.4 Å². The number of aryl methyl sites for hydroxylation is 2. The lowest BCUT2D eigenvalue weighted by atomic mass is 10.0. The van der Waals surface area contributed by atoms with Crippen LogP contribution in [0.1, 0.15) is 36.5 Å². The van der Waals surface area contributed by atoms with Crippen LogP contribution in [0.15, 0.2) is 29.3 Å². The Morgan fingerprint density at radius 2 is 2.03 bits per heavy atom. The highest BCUT2D eigenvalue weighted by Gasteiger charge is 2.21. The van der Waals surface area contributed by atoms with E-state index in [1.807, 2.05) is 18.5 Å². The molecule has 1 aliphatic rings. The second-order valence-electron chi connectivity index (χ2n) is 7.93. The Morgan fingerprint density at radius 1 is 1.23 bits per heavy atom. The van der Waals surface area contributed by atoms with Gasteiger partial charge in [0, 0.05) is 52.1 Å². The number of hydrogen-bond acceptors (Lipinski definition) is 5. The van der Waals surface area contributed by atoms with Gasteiger partial charge in [0.05, 0.1) is 0 Å². The van der Waals surface area contributed by atoms with Gasteiger partial charge < -0.3 is 24.8 Å². The minimum Gasteiger partial charge on any atom is -0.385 e. The number of benzene rings is 1. The molecule has 2 heterocycles. The Kier molecular flexibility index (Phi) is 8.07. The SMILES string of the molecule is COCCCNC(=NCc1nnc(C)n1C)NC1CCCN(c2ccc(C)cc2)C1. The molecule has 2 N–H and O–H groups in total. The maximum absolute atomic E-state index is 5.16. The van der Waals surface area contributed by atoms with Crippen LogP contribution in [-0.2, 0) is 18.3 Å². The molecule has 2 aromatic rings. The summed E-state index contributed by atoms with van der Waals surface area (Å²) in [6.07, 6.45) is 3.22. The Balaban J connectivity index is 1.63. The van der Waals surface area contributed by atoms with Gasteiger partial charge in [-0.1, -0.05) is 17.7 Å². The summed E-state index contributed by atoms with van der Waals surface area (Å²) in [4.78, 5) is 7.23. The van der Waals surface area contributed by atoms with E-state index in [4.69, 9.17) is 9.73 Å². The van der Waals surface area contributed by atoms with Gasteiger partial charge in [-0.15, -0.1) is 10.2 Å². The molecule has 3 rings (SSSR count). The fourth-order valence-corrected chi connectivity index (χ4v) is 3.59. The predicted octanol–water partition coefficient (Wildman–Crippen LogP) is 2.17. The quantitative estimate of drug-likeness (QED) is 0.392. The van der Waals surface area contributed by atoms with Gasteiger partial charge in [-0.2, -0.15) is 0 Å². The van der Waals surface area contributed by atoms with Crippen molar-refractivity contribution in [2.75, 3.05) is 38.3 Å². The molecule has 0 bridgehead atoms. The molecule has 1 aromatic carbocycles. The fourth-order valence-electron chi connectivity index (χ4n) is 3.59. The van der Waals surface area contributed by atoms with E-state index < -0.39 is 0 Å². The Labute approximate surface area is 179 Å². The first kappa shape index (κ1) is 22.1. The molecule has 1 fully saturated rings. The Hall–Kier alpha value is -2.61. The van der Waals surface area contributed by atoms with E-state index in [0.29, 0.717) is 12.6 Å². The van der Waals surface area contributed by atoms with Crippen LogP contribution in [0.3, 0.4) is 0 Å².